The topological polar surface area (TPSA) is 99.2 Å². The van der Waals surface area contributed by atoms with E-state index in [1.54, 1.807) is 48.4 Å². The highest BCUT2D eigenvalue weighted by molar-refractivity contribution is 6.15. The molecule has 0 radical (unpaired) electrons. The minimum atomic E-state index is -0.589. The Balaban J connectivity index is 1.52. The SMILES string of the molecule is CCCCCCCCC1C(CCCCCCCC(=O)OCCN(CCOC(CC)CC)C(=O)c2ccccc2C(=O)c2ccccc2)CCC(CCCCCC)C1CCCCCCCC(=O)C(CC)(CC)OC. The van der Waals surface area contributed by atoms with E-state index in [2.05, 4.69) is 41.5 Å². The Morgan fingerprint density at radius 3 is 1.55 bits per heavy atom. The average molecular weight is 1010 g/mol. The maximum absolute atomic E-state index is 14.1. The van der Waals surface area contributed by atoms with Crippen LogP contribution >= 0.6 is 0 Å². The van der Waals surface area contributed by atoms with Crippen molar-refractivity contribution in [1.29, 1.82) is 0 Å². The fourth-order valence-corrected chi connectivity index (χ4v) is 12.1. The second kappa shape index (κ2) is 39.1. The van der Waals surface area contributed by atoms with E-state index in [4.69, 9.17) is 14.2 Å². The lowest BCUT2D eigenvalue weighted by Crippen LogP contribution is -2.39. The van der Waals surface area contributed by atoms with Gasteiger partial charge in [0.1, 0.15) is 12.2 Å². The van der Waals surface area contributed by atoms with Crippen LogP contribution in [0.15, 0.2) is 54.6 Å². The molecule has 0 aliphatic heterocycles. The molecule has 1 fully saturated rings. The molecule has 0 aromatic heterocycles. The quantitative estimate of drug-likeness (QED) is 0.0370. The minimum Gasteiger partial charge on any atom is -0.464 e. The van der Waals surface area contributed by atoms with Crippen LogP contribution in [0.4, 0.5) is 0 Å². The van der Waals surface area contributed by atoms with Crippen molar-refractivity contribution in [2.24, 2.45) is 23.7 Å². The third kappa shape index (κ3) is 23.6. The molecule has 414 valence electrons. The van der Waals surface area contributed by atoms with Crippen molar-refractivity contribution in [3.05, 3.63) is 71.3 Å². The largest absolute Gasteiger partial charge is 0.464 e. The van der Waals surface area contributed by atoms with Gasteiger partial charge in [0.05, 0.1) is 24.8 Å². The molecule has 4 atom stereocenters. The van der Waals surface area contributed by atoms with E-state index in [1.165, 1.54) is 135 Å². The van der Waals surface area contributed by atoms with E-state index < -0.39 is 5.60 Å². The van der Waals surface area contributed by atoms with Crippen molar-refractivity contribution in [3.8, 4) is 0 Å². The van der Waals surface area contributed by atoms with Gasteiger partial charge in [-0.05, 0) is 93.9 Å². The molecule has 0 saturated heterocycles. The molecule has 1 amide bonds. The summed E-state index contributed by atoms with van der Waals surface area (Å²) < 4.78 is 17.5. The molecule has 3 rings (SSSR count). The summed E-state index contributed by atoms with van der Waals surface area (Å²) in [5.41, 5.74) is 0.638. The molecule has 8 nitrogen and oxygen atoms in total. The van der Waals surface area contributed by atoms with Crippen molar-refractivity contribution in [2.75, 3.05) is 33.4 Å². The summed E-state index contributed by atoms with van der Waals surface area (Å²) in [6.45, 7) is 14.0. The zero-order valence-corrected chi connectivity index (χ0v) is 47.8. The van der Waals surface area contributed by atoms with Gasteiger partial charge >= 0.3 is 5.97 Å². The Morgan fingerprint density at radius 2 is 1.01 bits per heavy atom. The molecule has 2 aromatic carbocycles. The predicted octanol–water partition coefficient (Wildman–Crippen LogP) is 17.3. The first-order chi connectivity index (χ1) is 35.6. The number of carbonyl (C=O) groups is 4. The van der Waals surface area contributed by atoms with Crippen LogP contribution in [-0.4, -0.2) is 73.5 Å². The summed E-state index contributed by atoms with van der Waals surface area (Å²) in [7, 11) is 1.70. The molecule has 0 N–H and O–H groups in total. The number of ketones is 2. The van der Waals surface area contributed by atoms with Gasteiger partial charge in [-0.3, -0.25) is 19.2 Å². The zero-order chi connectivity index (χ0) is 52.9. The smallest absolute Gasteiger partial charge is 0.305 e. The highest BCUT2D eigenvalue weighted by Gasteiger charge is 2.38. The lowest BCUT2D eigenvalue weighted by molar-refractivity contribution is -0.144. The molecule has 0 spiro atoms. The molecule has 0 heterocycles. The third-order valence-electron chi connectivity index (χ3n) is 16.9. The first-order valence-electron chi connectivity index (χ1n) is 30.5. The number of ether oxygens (including phenoxy) is 3. The Labute approximate surface area is 447 Å². The molecule has 4 unspecified atom stereocenters. The van der Waals surface area contributed by atoms with Gasteiger partial charge in [0.25, 0.3) is 5.91 Å². The summed E-state index contributed by atoms with van der Waals surface area (Å²) >= 11 is 0. The van der Waals surface area contributed by atoms with Gasteiger partial charge in [-0.15, -0.1) is 0 Å². The lowest BCUT2D eigenvalue weighted by Gasteiger charge is -2.44. The number of carbonyl (C=O) groups excluding carboxylic acids is 4. The molecule has 73 heavy (non-hydrogen) atoms. The van der Waals surface area contributed by atoms with Gasteiger partial charge in [0.15, 0.2) is 11.6 Å². The van der Waals surface area contributed by atoms with Crippen LogP contribution in [0.5, 0.6) is 0 Å². The molecule has 1 saturated carbocycles. The number of benzene rings is 2. The first kappa shape index (κ1) is 63.9. The number of esters is 1. The van der Waals surface area contributed by atoms with Crippen molar-refractivity contribution in [3.63, 3.8) is 0 Å². The Hall–Kier alpha value is -3.36. The number of methoxy groups -OCH3 is 1. The van der Waals surface area contributed by atoms with E-state index in [0.717, 1.165) is 81.5 Å². The normalized spacial score (nSPS) is 17.0. The fourth-order valence-electron chi connectivity index (χ4n) is 12.1. The van der Waals surface area contributed by atoms with E-state index in [0.29, 0.717) is 42.7 Å². The van der Waals surface area contributed by atoms with Crippen molar-refractivity contribution in [2.45, 2.75) is 259 Å². The summed E-state index contributed by atoms with van der Waals surface area (Å²) in [6.07, 6.45) is 37.8. The molecule has 1 aliphatic rings. The van der Waals surface area contributed by atoms with Crippen LogP contribution in [0.3, 0.4) is 0 Å². The molecule has 8 heteroatoms. The lowest BCUT2D eigenvalue weighted by atomic mass is 9.61. The molecule has 2 aromatic rings. The maximum atomic E-state index is 14.1. The van der Waals surface area contributed by atoms with Crippen LogP contribution < -0.4 is 0 Å². The van der Waals surface area contributed by atoms with E-state index in [1.807, 2.05) is 18.2 Å². The van der Waals surface area contributed by atoms with Crippen LogP contribution in [0, 0.1) is 23.7 Å². The summed E-state index contributed by atoms with van der Waals surface area (Å²) in [4.78, 5) is 55.3. The van der Waals surface area contributed by atoms with Gasteiger partial charge < -0.3 is 19.1 Å². The summed E-state index contributed by atoms with van der Waals surface area (Å²) in [6, 6.07) is 16.0. The van der Waals surface area contributed by atoms with Gasteiger partial charge in [0, 0.05) is 37.6 Å². The van der Waals surface area contributed by atoms with E-state index >= 15 is 0 Å². The predicted molar refractivity (Wildman–Crippen MR) is 303 cm³/mol. The van der Waals surface area contributed by atoms with Gasteiger partial charge in [-0.1, -0.05) is 218 Å². The van der Waals surface area contributed by atoms with Gasteiger partial charge in [-0.2, -0.15) is 0 Å². The fraction of sp³-hybridized carbons (Fsp3) is 0.754. The average Bonchev–Trinajstić information content (AvgIpc) is 3.42. The highest BCUT2D eigenvalue weighted by atomic mass is 16.5. The second-order valence-electron chi connectivity index (χ2n) is 21.8. The van der Waals surface area contributed by atoms with E-state index in [9.17, 15) is 19.2 Å². The summed E-state index contributed by atoms with van der Waals surface area (Å²) in [5, 5.41) is 0. The Kier molecular flexibility index (Phi) is 34.2. The number of hydrogen-bond acceptors (Lipinski definition) is 7. The molecular formula is C65H107NO7. The Morgan fingerprint density at radius 1 is 0.548 bits per heavy atom. The van der Waals surface area contributed by atoms with Crippen LogP contribution in [-0.2, 0) is 23.8 Å². The van der Waals surface area contributed by atoms with Crippen molar-refractivity contribution >= 4 is 23.4 Å². The van der Waals surface area contributed by atoms with Crippen LogP contribution in [0.2, 0.25) is 0 Å². The molecule has 1 aliphatic carbocycles. The molecule has 0 bridgehead atoms. The second-order valence-corrected chi connectivity index (χ2v) is 21.8. The number of Topliss-reactive ketones (excluding diaryl/α,β-unsaturated/α-hetero) is 1. The summed E-state index contributed by atoms with van der Waals surface area (Å²) in [5.74, 6) is 3.02. The number of unbranched alkanes of at least 4 members (excludes halogenated alkanes) is 16. The number of hydrogen-bond donors (Lipinski definition) is 0. The third-order valence-corrected chi connectivity index (χ3v) is 16.9. The van der Waals surface area contributed by atoms with Crippen LogP contribution in [0.25, 0.3) is 0 Å². The number of rotatable bonds is 44. The standard InChI is InChI=1S/C65H107NO7/c1-8-14-16-18-22-31-41-58-54(48-47-53(37-27-17-15-9-2)57(58)42-32-23-20-24-33-45-61(67)65(12-5,13-6)71-7)38-28-21-19-25-34-46-62(68)73-52-50-66(49-51-72-56(10-3)11-4)64(70)60-44-36-35-43-59(60)63(69)55-39-29-26-30-40-55/h26,29-30,35-36,39-40,43-44,53-54,56-58H,8-25,27-28,31-34,37-38,41-42,45-52H2,1-7H3. The molecular weight excluding hydrogens is 907 g/mol. The Bertz CT molecular complexity index is 1750. The first-order valence-corrected chi connectivity index (χ1v) is 30.5. The monoisotopic (exact) mass is 1010 g/mol. The maximum Gasteiger partial charge on any atom is 0.305 e. The zero-order valence-electron chi connectivity index (χ0n) is 47.8. The van der Waals surface area contributed by atoms with E-state index in [-0.39, 0.29) is 42.7 Å². The van der Waals surface area contributed by atoms with Crippen molar-refractivity contribution in [1.82, 2.24) is 4.90 Å². The number of nitrogens with zero attached hydrogens (tertiary/aromatic N) is 1. The minimum absolute atomic E-state index is 0.0997. The van der Waals surface area contributed by atoms with Gasteiger partial charge in [0.2, 0.25) is 0 Å². The van der Waals surface area contributed by atoms with Crippen molar-refractivity contribution < 1.29 is 33.4 Å². The van der Waals surface area contributed by atoms with Crippen LogP contribution in [0.1, 0.15) is 273 Å². The number of amides is 1. The highest BCUT2D eigenvalue weighted by Crippen LogP contribution is 2.48. The van der Waals surface area contributed by atoms with Gasteiger partial charge in [-0.25, -0.2) is 0 Å².